The Bertz CT molecular complexity index is 486. The van der Waals surface area contributed by atoms with Crippen LogP contribution in [-0.2, 0) is 4.79 Å². The van der Waals surface area contributed by atoms with Gasteiger partial charge in [-0.1, -0.05) is 17.7 Å². The van der Waals surface area contributed by atoms with E-state index in [1.54, 1.807) is 12.4 Å². The van der Waals surface area contributed by atoms with E-state index in [2.05, 4.69) is 5.10 Å². The van der Waals surface area contributed by atoms with Crippen molar-refractivity contribution in [2.24, 2.45) is 5.10 Å². The first-order valence-electron chi connectivity index (χ1n) is 5.41. The fourth-order valence-corrected chi connectivity index (χ4v) is 1.59. The van der Waals surface area contributed by atoms with Gasteiger partial charge in [0.15, 0.2) is 0 Å². The molecule has 4 heteroatoms. The van der Waals surface area contributed by atoms with Crippen LogP contribution >= 0.6 is 0 Å². The monoisotopic (exact) mass is 229 g/mol. The van der Waals surface area contributed by atoms with Crippen molar-refractivity contribution < 1.29 is 4.79 Å². The third-order valence-corrected chi connectivity index (χ3v) is 2.43. The molecule has 0 fully saturated rings. The van der Waals surface area contributed by atoms with Crippen LogP contribution in [0.3, 0.4) is 0 Å². The number of benzene rings is 1. The lowest BCUT2D eigenvalue weighted by molar-refractivity contribution is -0.114. The number of hydrogen-bond donors (Lipinski definition) is 0. The first-order chi connectivity index (χ1) is 8.08. The van der Waals surface area contributed by atoms with Gasteiger partial charge in [-0.25, -0.2) is 0 Å². The number of aryl methyl sites for hydroxylation is 1. The largest absolute Gasteiger partial charge is 0.383 e. The number of carbonyl (C=O) groups is 1. The summed E-state index contributed by atoms with van der Waals surface area (Å²) in [6, 6.07) is 7.71. The number of amides is 1. The molecule has 1 aliphatic rings. The lowest BCUT2D eigenvalue weighted by Gasteiger charge is -2.12. The minimum atomic E-state index is -0.0949. The standard InChI is InChI=1S/C13H15N3O/c1-10-4-6-12(7-5-10)16-13(17)11(8-14-16)9-15(2)3/h4-9H,1-3H3/b11-9-. The molecule has 1 amide bonds. The molecule has 0 saturated carbocycles. The molecule has 0 aliphatic carbocycles. The van der Waals surface area contributed by atoms with E-state index in [1.165, 1.54) is 5.01 Å². The molecule has 17 heavy (non-hydrogen) atoms. The van der Waals surface area contributed by atoms with Crippen molar-refractivity contribution >= 4 is 17.8 Å². The van der Waals surface area contributed by atoms with Crippen LogP contribution in [0.25, 0.3) is 0 Å². The van der Waals surface area contributed by atoms with Crippen molar-refractivity contribution in [3.63, 3.8) is 0 Å². The second kappa shape index (κ2) is 4.41. The molecule has 0 saturated heterocycles. The van der Waals surface area contributed by atoms with Gasteiger partial charge in [0.1, 0.15) is 0 Å². The van der Waals surface area contributed by atoms with Gasteiger partial charge in [-0.3, -0.25) is 4.79 Å². The van der Waals surface area contributed by atoms with Crippen molar-refractivity contribution in [2.45, 2.75) is 6.92 Å². The molecule has 0 N–H and O–H groups in total. The Balaban J connectivity index is 2.24. The highest BCUT2D eigenvalue weighted by atomic mass is 16.2. The molecule has 1 aromatic rings. The molecule has 88 valence electrons. The van der Waals surface area contributed by atoms with E-state index in [0.29, 0.717) is 5.57 Å². The minimum absolute atomic E-state index is 0.0949. The fourth-order valence-electron chi connectivity index (χ4n) is 1.59. The summed E-state index contributed by atoms with van der Waals surface area (Å²) >= 11 is 0. The van der Waals surface area contributed by atoms with Crippen molar-refractivity contribution in [3.8, 4) is 0 Å². The van der Waals surface area contributed by atoms with Gasteiger partial charge < -0.3 is 4.90 Å². The summed E-state index contributed by atoms with van der Waals surface area (Å²) in [5, 5.41) is 5.53. The second-order valence-electron chi connectivity index (χ2n) is 4.25. The molecule has 1 aromatic carbocycles. The van der Waals surface area contributed by atoms with Crippen LogP contribution in [0.15, 0.2) is 41.1 Å². The molecule has 1 aliphatic heterocycles. The van der Waals surface area contributed by atoms with Gasteiger partial charge in [-0.15, -0.1) is 0 Å². The minimum Gasteiger partial charge on any atom is -0.383 e. The summed E-state index contributed by atoms with van der Waals surface area (Å²) in [6.07, 6.45) is 3.35. The predicted molar refractivity (Wildman–Crippen MR) is 68.9 cm³/mol. The van der Waals surface area contributed by atoms with E-state index in [1.807, 2.05) is 50.2 Å². The maximum atomic E-state index is 12.0. The molecule has 0 radical (unpaired) electrons. The number of carbonyl (C=O) groups excluding carboxylic acids is 1. The zero-order valence-corrected chi connectivity index (χ0v) is 10.2. The fraction of sp³-hybridized carbons (Fsp3) is 0.231. The van der Waals surface area contributed by atoms with E-state index in [9.17, 15) is 4.79 Å². The van der Waals surface area contributed by atoms with Gasteiger partial charge in [0.05, 0.1) is 17.5 Å². The third-order valence-electron chi connectivity index (χ3n) is 2.43. The first kappa shape index (κ1) is 11.4. The van der Waals surface area contributed by atoms with Crippen molar-refractivity contribution in [1.29, 1.82) is 0 Å². The topological polar surface area (TPSA) is 35.9 Å². The SMILES string of the molecule is Cc1ccc(N2N=C/C(=C/N(C)C)C2=O)cc1. The smallest absolute Gasteiger partial charge is 0.281 e. The maximum absolute atomic E-state index is 12.0. The summed E-state index contributed by atoms with van der Waals surface area (Å²) in [7, 11) is 3.76. The van der Waals surface area contributed by atoms with E-state index >= 15 is 0 Å². The van der Waals surface area contributed by atoms with Crippen LogP contribution in [-0.4, -0.2) is 31.1 Å². The second-order valence-corrected chi connectivity index (χ2v) is 4.25. The Morgan fingerprint density at radius 3 is 2.47 bits per heavy atom. The summed E-state index contributed by atoms with van der Waals surface area (Å²) < 4.78 is 0. The first-order valence-corrected chi connectivity index (χ1v) is 5.41. The van der Waals surface area contributed by atoms with Gasteiger partial charge in [-0.05, 0) is 19.1 Å². The number of rotatable bonds is 2. The number of nitrogens with zero attached hydrogens (tertiary/aromatic N) is 3. The zero-order chi connectivity index (χ0) is 12.4. The van der Waals surface area contributed by atoms with Gasteiger partial charge in [-0.2, -0.15) is 10.1 Å². The molecule has 0 atom stereocenters. The van der Waals surface area contributed by atoms with Gasteiger partial charge in [0, 0.05) is 20.3 Å². The summed E-state index contributed by atoms with van der Waals surface area (Å²) in [5.74, 6) is -0.0949. The Morgan fingerprint density at radius 2 is 1.88 bits per heavy atom. The van der Waals surface area contributed by atoms with Gasteiger partial charge in [0.2, 0.25) is 0 Å². The lowest BCUT2D eigenvalue weighted by atomic mass is 10.2. The molecule has 4 nitrogen and oxygen atoms in total. The number of hydrogen-bond acceptors (Lipinski definition) is 3. The Labute approximate surface area is 101 Å². The molecule has 1 heterocycles. The number of anilines is 1. The Morgan fingerprint density at radius 1 is 1.24 bits per heavy atom. The highest BCUT2D eigenvalue weighted by Crippen LogP contribution is 2.21. The average molecular weight is 229 g/mol. The third kappa shape index (κ3) is 2.36. The highest BCUT2D eigenvalue weighted by molar-refractivity contribution is 6.22. The van der Waals surface area contributed by atoms with Gasteiger partial charge >= 0.3 is 0 Å². The zero-order valence-electron chi connectivity index (χ0n) is 10.2. The number of hydrazone groups is 1. The Kier molecular flexibility index (Phi) is 2.95. The van der Waals surface area contributed by atoms with Crippen molar-refractivity contribution in [1.82, 2.24) is 4.90 Å². The lowest BCUT2D eigenvalue weighted by Crippen LogP contribution is -2.22. The molecule has 0 bridgehead atoms. The van der Waals surface area contributed by atoms with E-state index in [4.69, 9.17) is 0 Å². The van der Waals surface area contributed by atoms with Crippen LogP contribution in [0.4, 0.5) is 5.69 Å². The Hall–Kier alpha value is -2.10. The van der Waals surface area contributed by atoms with Crippen LogP contribution in [0.5, 0.6) is 0 Å². The van der Waals surface area contributed by atoms with Crippen LogP contribution < -0.4 is 5.01 Å². The summed E-state index contributed by atoms with van der Waals surface area (Å²) in [6.45, 7) is 2.01. The van der Waals surface area contributed by atoms with E-state index in [-0.39, 0.29) is 5.91 Å². The molecule has 0 spiro atoms. The van der Waals surface area contributed by atoms with E-state index < -0.39 is 0 Å². The molecule has 0 unspecified atom stereocenters. The summed E-state index contributed by atoms with van der Waals surface area (Å²) in [5.41, 5.74) is 2.54. The summed E-state index contributed by atoms with van der Waals surface area (Å²) in [4.78, 5) is 13.9. The molecular formula is C13H15N3O. The van der Waals surface area contributed by atoms with Gasteiger partial charge in [0.25, 0.3) is 5.91 Å². The van der Waals surface area contributed by atoms with Crippen molar-refractivity contribution in [3.05, 3.63) is 41.6 Å². The predicted octanol–water partition coefficient (Wildman–Crippen LogP) is 1.77. The van der Waals surface area contributed by atoms with Crippen molar-refractivity contribution in [2.75, 3.05) is 19.1 Å². The maximum Gasteiger partial charge on any atom is 0.281 e. The van der Waals surface area contributed by atoms with E-state index in [0.717, 1.165) is 11.3 Å². The van der Waals surface area contributed by atoms with Crippen LogP contribution in [0.1, 0.15) is 5.56 Å². The normalized spacial score (nSPS) is 17.0. The van der Waals surface area contributed by atoms with Crippen LogP contribution in [0.2, 0.25) is 0 Å². The quantitative estimate of drug-likeness (QED) is 0.725. The molecule has 0 aromatic heterocycles. The highest BCUT2D eigenvalue weighted by Gasteiger charge is 2.23. The van der Waals surface area contributed by atoms with Crippen LogP contribution in [0, 0.1) is 6.92 Å². The molecular weight excluding hydrogens is 214 g/mol. The molecule has 2 rings (SSSR count). The average Bonchev–Trinajstić information content (AvgIpc) is 2.61.